The minimum Gasteiger partial charge on any atom is -0.396 e. The smallest absolute Gasteiger partial charge is 0.0558 e. The van der Waals surface area contributed by atoms with Crippen molar-refractivity contribution in [1.82, 2.24) is 4.90 Å². The van der Waals surface area contributed by atoms with E-state index in [2.05, 4.69) is 4.90 Å². The minimum atomic E-state index is 0.185. The molecular weight excluding hydrogens is 326 g/mol. The zero-order chi connectivity index (χ0) is 19.1. The van der Waals surface area contributed by atoms with E-state index in [-0.39, 0.29) is 13.2 Å². The predicted molar refractivity (Wildman–Crippen MR) is 112 cm³/mol. The van der Waals surface area contributed by atoms with Crippen molar-refractivity contribution in [3.63, 3.8) is 0 Å². The standard InChI is InChI=1S/C22H47NO3/c24-20-16-14-12-10-8-6-4-2-1-3-5-7-9-11-13-15-17-23(18-21-25)19-22-26/h24-26H,1-22H2. The van der Waals surface area contributed by atoms with E-state index in [1.165, 1.54) is 96.3 Å². The molecule has 3 N–H and O–H groups in total. The molecule has 0 aromatic carbocycles. The highest BCUT2D eigenvalue weighted by atomic mass is 16.3. The maximum absolute atomic E-state index is 8.98. The Kier molecular flexibility index (Phi) is 22.7. The van der Waals surface area contributed by atoms with Crippen molar-refractivity contribution in [2.45, 2.75) is 103 Å². The van der Waals surface area contributed by atoms with E-state index in [1.807, 2.05) is 0 Å². The summed E-state index contributed by atoms with van der Waals surface area (Å²) in [5.41, 5.74) is 0. The fraction of sp³-hybridized carbons (Fsp3) is 1.00. The van der Waals surface area contributed by atoms with Gasteiger partial charge in [0.05, 0.1) is 13.2 Å². The average molecular weight is 374 g/mol. The second kappa shape index (κ2) is 22.9. The molecule has 0 aromatic rings. The van der Waals surface area contributed by atoms with Crippen LogP contribution >= 0.6 is 0 Å². The molecule has 0 amide bonds. The topological polar surface area (TPSA) is 63.9 Å². The van der Waals surface area contributed by atoms with Crippen molar-refractivity contribution in [3.8, 4) is 0 Å². The molecule has 158 valence electrons. The third-order valence-electron chi connectivity index (χ3n) is 5.21. The maximum atomic E-state index is 8.98. The molecule has 4 heteroatoms. The van der Waals surface area contributed by atoms with Gasteiger partial charge in [-0.1, -0.05) is 89.9 Å². The minimum absolute atomic E-state index is 0.185. The van der Waals surface area contributed by atoms with Gasteiger partial charge in [0, 0.05) is 19.7 Å². The first kappa shape index (κ1) is 25.8. The van der Waals surface area contributed by atoms with E-state index >= 15 is 0 Å². The van der Waals surface area contributed by atoms with Gasteiger partial charge < -0.3 is 15.3 Å². The lowest BCUT2D eigenvalue weighted by Crippen LogP contribution is -2.30. The highest BCUT2D eigenvalue weighted by molar-refractivity contribution is 4.57. The zero-order valence-corrected chi connectivity index (χ0v) is 17.3. The summed E-state index contributed by atoms with van der Waals surface area (Å²) in [6.45, 7) is 3.10. The molecule has 0 heterocycles. The highest BCUT2D eigenvalue weighted by Gasteiger charge is 2.02. The maximum Gasteiger partial charge on any atom is 0.0558 e. The molecule has 0 radical (unpaired) electrons. The summed E-state index contributed by atoms with van der Waals surface area (Å²) in [4.78, 5) is 2.15. The van der Waals surface area contributed by atoms with E-state index in [0.29, 0.717) is 19.7 Å². The summed E-state index contributed by atoms with van der Waals surface area (Å²) in [6, 6.07) is 0. The highest BCUT2D eigenvalue weighted by Crippen LogP contribution is 2.13. The van der Waals surface area contributed by atoms with Crippen molar-refractivity contribution in [2.24, 2.45) is 0 Å². The van der Waals surface area contributed by atoms with E-state index in [0.717, 1.165) is 13.0 Å². The van der Waals surface area contributed by atoms with Crippen molar-refractivity contribution in [2.75, 3.05) is 39.5 Å². The third kappa shape index (κ3) is 20.2. The lowest BCUT2D eigenvalue weighted by atomic mass is 10.0. The van der Waals surface area contributed by atoms with Gasteiger partial charge in [-0.15, -0.1) is 0 Å². The summed E-state index contributed by atoms with van der Waals surface area (Å²) in [5, 5.41) is 26.7. The van der Waals surface area contributed by atoms with Crippen LogP contribution in [0.3, 0.4) is 0 Å². The molecule has 0 aliphatic heterocycles. The summed E-state index contributed by atoms with van der Waals surface area (Å²) in [6.07, 6.45) is 21.1. The van der Waals surface area contributed by atoms with Gasteiger partial charge in [-0.2, -0.15) is 0 Å². The van der Waals surface area contributed by atoms with Gasteiger partial charge in [0.2, 0.25) is 0 Å². The van der Waals surface area contributed by atoms with Gasteiger partial charge in [0.25, 0.3) is 0 Å². The van der Waals surface area contributed by atoms with Crippen molar-refractivity contribution >= 4 is 0 Å². The quantitative estimate of drug-likeness (QED) is 0.244. The van der Waals surface area contributed by atoms with E-state index in [9.17, 15) is 0 Å². The SMILES string of the molecule is OCCCCCCCCCCCCCCCCCCN(CCO)CCO. The van der Waals surface area contributed by atoms with Crippen LogP contribution in [-0.4, -0.2) is 59.7 Å². The van der Waals surface area contributed by atoms with Crippen LogP contribution in [0.2, 0.25) is 0 Å². The second-order valence-corrected chi connectivity index (χ2v) is 7.67. The largest absolute Gasteiger partial charge is 0.396 e. The van der Waals surface area contributed by atoms with Crippen molar-refractivity contribution < 1.29 is 15.3 Å². The Morgan fingerprint density at radius 1 is 0.308 bits per heavy atom. The number of hydrogen-bond acceptors (Lipinski definition) is 4. The van der Waals surface area contributed by atoms with Gasteiger partial charge >= 0.3 is 0 Å². The number of hydrogen-bond donors (Lipinski definition) is 3. The molecule has 0 aliphatic rings. The van der Waals surface area contributed by atoms with Crippen LogP contribution in [0.15, 0.2) is 0 Å². The van der Waals surface area contributed by atoms with Gasteiger partial charge in [-0.3, -0.25) is 4.90 Å². The fourth-order valence-electron chi connectivity index (χ4n) is 3.54. The first-order valence-electron chi connectivity index (χ1n) is 11.4. The molecule has 0 aliphatic carbocycles. The first-order valence-corrected chi connectivity index (χ1v) is 11.4. The number of rotatable bonds is 22. The second-order valence-electron chi connectivity index (χ2n) is 7.67. The van der Waals surface area contributed by atoms with Crippen molar-refractivity contribution in [1.29, 1.82) is 0 Å². The molecule has 0 fully saturated rings. The number of nitrogens with zero attached hydrogens (tertiary/aromatic N) is 1. The zero-order valence-electron chi connectivity index (χ0n) is 17.3. The van der Waals surface area contributed by atoms with E-state index < -0.39 is 0 Å². The molecule has 0 bridgehead atoms. The number of unbranched alkanes of at least 4 members (excludes halogenated alkanes) is 15. The Hall–Kier alpha value is -0.160. The summed E-state index contributed by atoms with van der Waals surface area (Å²) < 4.78 is 0. The van der Waals surface area contributed by atoms with Crippen molar-refractivity contribution in [3.05, 3.63) is 0 Å². The Morgan fingerprint density at radius 2 is 0.615 bits per heavy atom. The van der Waals surface area contributed by atoms with Gasteiger partial charge in [-0.05, 0) is 19.4 Å². The molecule has 0 aromatic heterocycles. The van der Waals surface area contributed by atoms with Gasteiger partial charge in [-0.25, -0.2) is 0 Å². The first-order chi connectivity index (χ1) is 12.8. The molecule has 0 spiro atoms. The number of aliphatic hydroxyl groups excluding tert-OH is 3. The van der Waals surface area contributed by atoms with Crippen LogP contribution in [0.5, 0.6) is 0 Å². The molecule has 0 saturated carbocycles. The molecule has 0 rings (SSSR count). The normalized spacial score (nSPS) is 11.5. The lowest BCUT2D eigenvalue weighted by molar-refractivity contribution is 0.159. The Labute approximate surface area is 163 Å². The average Bonchev–Trinajstić information content (AvgIpc) is 2.64. The van der Waals surface area contributed by atoms with Crippen LogP contribution in [0.25, 0.3) is 0 Å². The molecule has 4 nitrogen and oxygen atoms in total. The Morgan fingerprint density at radius 3 is 0.923 bits per heavy atom. The van der Waals surface area contributed by atoms with E-state index in [4.69, 9.17) is 15.3 Å². The molecule has 0 atom stereocenters. The summed E-state index contributed by atoms with van der Waals surface area (Å²) in [5.74, 6) is 0. The molecule has 0 unspecified atom stereocenters. The summed E-state index contributed by atoms with van der Waals surface area (Å²) >= 11 is 0. The monoisotopic (exact) mass is 373 g/mol. The van der Waals surface area contributed by atoms with Gasteiger partial charge in [0.1, 0.15) is 0 Å². The Balaban J connectivity index is 3.13. The van der Waals surface area contributed by atoms with Gasteiger partial charge in [0.15, 0.2) is 0 Å². The molecular formula is C22H47NO3. The summed E-state index contributed by atoms with van der Waals surface area (Å²) in [7, 11) is 0. The predicted octanol–water partition coefficient (Wildman–Crippen LogP) is 4.51. The van der Waals surface area contributed by atoms with Crippen LogP contribution in [0.4, 0.5) is 0 Å². The van der Waals surface area contributed by atoms with Crippen LogP contribution in [-0.2, 0) is 0 Å². The van der Waals surface area contributed by atoms with Crippen LogP contribution in [0.1, 0.15) is 103 Å². The van der Waals surface area contributed by atoms with E-state index in [1.54, 1.807) is 0 Å². The Bertz CT molecular complexity index is 246. The van der Waals surface area contributed by atoms with Crippen LogP contribution < -0.4 is 0 Å². The molecule has 0 saturated heterocycles. The fourth-order valence-corrected chi connectivity index (χ4v) is 3.54. The lowest BCUT2D eigenvalue weighted by Gasteiger charge is -2.19. The van der Waals surface area contributed by atoms with Crippen LogP contribution in [0, 0.1) is 0 Å². The third-order valence-corrected chi connectivity index (χ3v) is 5.21. The number of aliphatic hydroxyl groups is 3. The molecule has 26 heavy (non-hydrogen) atoms.